The Labute approximate surface area is 151 Å². The van der Waals surface area contributed by atoms with Gasteiger partial charge in [-0.2, -0.15) is 0 Å². The highest BCUT2D eigenvalue weighted by Crippen LogP contribution is 2.44. The Morgan fingerprint density at radius 2 is 2.12 bits per heavy atom. The van der Waals surface area contributed by atoms with E-state index in [1.165, 1.54) is 6.92 Å². The number of aliphatic hydroxyl groups excluding tert-OH is 1. The van der Waals surface area contributed by atoms with E-state index in [1.807, 2.05) is 12.1 Å². The monoisotopic (exact) mass is 354 g/mol. The highest BCUT2D eigenvalue weighted by atomic mass is 16.3. The van der Waals surface area contributed by atoms with E-state index in [2.05, 4.69) is 9.97 Å². The average molecular weight is 354 g/mol. The predicted octanol–water partition coefficient (Wildman–Crippen LogP) is 1.02. The second kappa shape index (κ2) is 6.32. The SMILES string of the molecule is C[C@@H](O)C(=O)N1CCC2(CCc3c2nc(-c2cccnc2)[nH]c3=O)CC1. The summed E-state index contributed by atoms with van der Waals surface area (Å²) < 4.78 is 0. The van der Waals surface area contributed by atoms with Crippen LogP contribution in [0.25, 0.3) is 11.4 Å². The fraction of sp³-hybridized carbons (Fsp3) is 0.474. The van der Waals surface area contributed by atoms with Crippen LogP contribution in [-0.4, -0.2) is 50.1 Å². The van der Waals surface area contributed by atoms with E-state index in [1.54, 1.807) is 17.3 Å². The third-order valence-corrected chi connectivity index (χ3v) is 5.70. The van der Waals surface area contributed by atoms with Crippen molar-refractivity contribution in [3.63, 3.8) is 0 Å². The van der Waals surface area contributed by atoms with Crippen molar-refractivity contribution in [2.24, 2.45) is 0 Å². The molecule has 1 fully saturated rings. The molecule has 2 aromatic heterocycles. The van der Waals surface area contributed by atoms with Crippen LogP contribution in [0.1, 0.15) is 37.4 Å². The number of hydrogen-bond donors (Lipinski definition) is 2. The van der Waals surface area contributed by atoms with E-state index in [0.717, 1.165) is 42.5 Å². The number of fused-ring (bicyclic) bond motifs is 2. The fourth-order valence-corrected chi connectivity index (χ4v) is 4.20. The van der Waals surface area contributed by atoms with Crippen LogP contribution in [0.4, 0.5) is 0 Å². The van der Waals surface area contributed by atoms with Crippen molar-refractivity contribution in [3.8, 4) is 11.4 Å². The molecule has 1 amide bonds. The molecule has 0 bridgehead atoms. The number of nitrogens with one attached hydrogen (secondary N) is 1. The number of pyridine rings is 1. The summed E-state index contributed by atoms with van der Waals surface area (Å²) in [6.45, 7) is 2.67. The number of aromatic amines is 1. The molecule has 2 aliphatic rings. The summed E-state index contributed by atoms with van der Waals surface area (Å²) in [5, 5.41) is 9.53. The zero-order valence-electron chi connectivity index (χ0n) is 14.7. The number of aromatic nitrogens is 3. The molecule has 4 rings (SSSR count). The van der Waals surface area contributed by atoms with Gasteiger partial charge in [-0.25, -0.2) is 4.98 Å². The maximum atomic E-state index is 12.6. The number of amides is 1. The van der Waals surface area contributed by atoms with Crippen LogP contribution in [0.5, 0.6) is 0 Å². The molecular formula is C19H22N4O3. The Hall–Kier alpha value is -2.54. The van der Waals surface area contributed by atoms with Crippen LogP contribution in [0, 0.1) is 0 Å². The molecule has 0 unspecified atom stereocenters. The van der Waals surface area contributed by atoms with Crippen LogP contribution in [0.3, 0.4) is 0 Å². The maximum absolute atomic E-state index is 12.6. The summed E-state index contributed by atoms with van der Waals surface area (Å²) in [5.74, 6) is 0.318. The zero-order chi connectivity index (χ0) is 18.3. The van der Waals surface area contributed by atoms with Gasteiger partial charge in [-0.05, 0) is 44.7 Å². The average Bonchev–Trinajstić information content (AvgIpc) is 3.01. The minimum absolute atomic E-state index is 0.0757. The van der Waals surface area contributed by atoms with Gasteiger partial charge in [0.15, 0.2) is 0 Å². The first-order chi connectivity index (χ1) is 12.5. The summed E-state index contributed by atoms with van der Waals surface area (Å²) in [4.78, 5) is 38.1. The van der Waals surface area contributed by atoms with Gasteiger partial charge in [0.2, 0.25) is 0 Å². The first-order valence-electron chi connectivity index (χ1n) is 9.01. The first kappa shape index (κ1) is 16.9. The molecule has 1 aliphatic heterocycles. The number of H-pyrrole nitrogens is 1. The van der Waals surface area contributed by atoms with Crippen molar-refractivity contribution in [1.82, 2.24) is 19.9 Å². The van der Waals surface area contributed by atoms with E-state index in [9.17, 15) is 14.7 Å². The lowest BCUT2D eigenvalue weighted by Gasteiger charge is -2.39. The van der Waals surface area contributed by atoms with E-state index in [4.69, 9.17) is 4.98 Å². The number of rotatable bonds is 2. The van der Waals surface area contributed by atoms with Crippen LogP contribution >= 0.6 is 0 Å². The van der Waals surface area contributed by atoms with Crippen LogP contribution in [-0.2, 0) is 16.6 Å². The molecular weight excluding hydrogens is 332 g/mol. The molecule has 0 radical (unpaired) electrons. The second-order valence-corrected chi connectivity index (χ2v) is 7.26. The van der Waals surface area contributed by atoms with E-state index < -0.39 is 6.10 Å². The number of nitrogens with zero attached hydrogens (tertiary/aromatic N) is 3. The number of aliphatic hydroxyl groups is 1. The fourth-order valence-electron chi connectivity index (χ4n) is 4.20. The van der Waals surface area contributed by atoms with Crippen LogP contribution < -0.4 is 5.56 Å². The largest absolute Gasteiger partial charge is 0.384 e. The summed E-state index contributed by atoms with van der Waals surface area (Å²) in [7, 11) is 0. The van der Waals surface area contributed by atoms with Gasteiger partial charge in [0, 0.05) is 42.0 Å². The minimum atomic E-state index is -0.974. The van der Waals surface area contributed by atoms with Gasteiger partial charge < -0.3 is 15.0 Å². The number of hydrogen-bond acceptors (Lipinski definition) is 5. The molecule has 26 heavy (non-hydrogen) atoms. The summed E-state index contributed by atoms with van der Waals surface area (Å²) in [6.07, 6.45) is 5.53. The summed E-state index contributed by atoms with van der Waals surface area (Å²) >= 11 is 0. The smallest absolute Gasteiger partial charge is 0.254 e. The molecule has 0 saturated carbocycles. The molecule has 2 N–H and O–H groups in total. The Kier molecular flexibility index (Phi) is 4.11. The van der Waals surface area contributed by atoms with Crippen molar-refractivity contribution in [3.05, 3.63) is 46.1 Å². The second-order valence-electron chi connectivity index (χ2n) is 7.26. The molecule has 7 nitrogen and oxygen atoms in total. The van der Waals surface area contributed by atoms with Crippen molar-refractivity contribution in [2.45, 2.75) is 44.1 Å². The topological polar surface area (TPSA) is 99.2 Å². The Morgan fingerprint density at radius 3 is 2.77 bits per heavy atom. The lowest BCUT2D eigenvalue weighted by molar-refractivity contribution is -0.140. The maximum Gasteiger partial charge on any atom is 0.254 e. The molecule has 7 heteroatoms. The van der Waals surface area contributed by atoms with Gasteiger partial charge in [0.1, 0.15) is 11.9 Å². The lowest BCUT2D eigenvalue weighted by atomic mass is 9.76. The number of carbonyl (C=O) groups is 1. The van der Waals surface area contributed by atoms with Crippen molar-refractivity contribution < 1.29 is 9.90 Å². The molecule has 136 valence electrons. The van der Waals surface area contributed by atoms with Gasteiger partial charge in [0.05, 0.1) is 5.69 Å². The molecule has 1 spiro atoms. The first-order valence-corrected chi connectivity index (χ1v) is 9.01. The molecule has 2 aromatic rings. The van der Waals surface area contributed by atoms with E-state index >= 15 is 0 Å². The van der Waals surface area contributed by atoms with Gasteiger partial charge in [0.25, 0.3) is 11.5 Å². The van der Waals surface area contributed by atoms with Gasteiger partial charge in [-0.15, -0.1) is 0 Å². The van der Waals surface area contributed by atoms with Crippen molar-refractivity contribution >= 4 is 5.91 Å². The molecule has 3 heterocycles. The molecule has 0 aromatic carbocycles. The van der Waals surface area contributed by atoms with Gasteiger partial charge in [-0.3, -0.25) is 14.6 Å². The zero-order valence-corrected chi connectivity index (χ0v) is 14.7. The van der Waals surface area contributed by atoms with Crippen molar-refractivity contribution in [1.29, 1.82) is 0 Å². The molecule has 1 atom stereocenters. The number of likely N-dealkylation sites (tertiary alicyclic amines) is 1. The number of carbonyl (C=O) groups excluding carboxylic acids is 1. The van der Waals surface area contributed by atoms with Crippen LogP contribution in [0.2, 0.25) is 0 Å². The predicted molar refractivity (Wildman–Crippen MR) is 95.6 cm³/mol. The Morgan fingerprint density at radius 1 is 1.35 bits per heavy atom. The summed E-state index contributed by atoms with van der Waals surface area (Å²) in [5.41, 5.74) is 2.21. The summed E-state index contributed by atoms with van der Waals surface area (Å²) in [6, 6.07) is 3.70. The Balaban J connectivity index is 1.67. The van der Waals surface area contributed by atoms with E-state index in [0.29, 0.717) is 18.9 Å². The minimum Gasteiger partial charge on any atom is -0.384 e. The normalized spacial score (nSPS) is 19.4. The van der Waals surface area contributed by atoms with E-state index in [-0.39, 0.29) is 16.9 Å². The highest BCUT2D eigenvalue weighted by Gasteiger charge is 2.44. The third-order valence-electron chi connectivity index (χ3n) is 5.70. The van der Waals surface area contributed by atoms with Crippen LogP contribution in [0.15, 0.2) is 29.3 Å². The lowest BCUT2D eigenvalue weighted by Crippen LogP contribution is -2.47. The van der Waals surface area contributed by atoms with Crippen molar-refractivity contribution in [2.75, 3.05) is 13.1 Å². The molecule has 1 saturated heterocycles. The van der Waals surface area contributed by atoms with Gasteiger partial charge >= 0.3 is 0 Å². The Bertz CT molecular complexity index is 883. The van der Waals surface area contributed by atoms with Gasteiger partial charge in [-0.1, -0.05) is 0 Å². The standard InChI is InChI=1S/C19H22N4O3/c1-12(24)18(26)23-9-6-19(7-10-23)5-4-14-15(19)21-16(22-17(14)25)13-3-2-8-20-11-13/h2-3,8,11-12,24H,4-7,9-10H2,1H3,(H,21,22,25)/t12-/m1/s1. The number of piperidine rings is 1. The molecule has 1 aliphatic carbocycles. The highest BCUT2D eigenvalue weighted by molar-refractivity contribution is 5.80. The quantitative estimate of drug-likeness (QED) is 0.839. The third kappa shape index (κ3) is 2.72.